The van der Waals surface area contributed by atoms with Gasteiger partial charge in [0.2, 0.25) is 11.8 Å². The van der Waals surface area contributed by atoms with E-state index >= 15 is 0 Å². The molecule has 152 valence electrons. The molecule has 2 aliphatic rings. The van der Waals surface area contributed by atoms with E-state index in [4.69, 9.17) is 16.3 Å². The standard InChI is InChI=1S/C22H24ClN3O3/c23-18-7-4-8-19(13-18)24-9-11-25(12-10-24)22(28)20-15-29-16-21(27)26(20)14-17-5-2-1-3-6-17/h1-8,13,20H,9-12,14-16H2/t20-/m1/s1. The summed E-state index contributed by atoms with van der Waals surface area (Å²) >= 11 is 6.10. The Morgan fingerprint density at radius 1 is 1.03 bits per heavy atom. The van der Waals surface area contributed by atoms with Crippen LogP contribution in [-0.4, -0.2) is 67.0 Å². The van der Waals surface area contributed by atoms with Gasteiger partial charge in [0.25, 0.3) is 0 Å². The summed E-state index contributed by atoms with van der Waals surface area (Å²) in [6.07, 6.45) is 0. The van der Waals surface area contributed by atoms with E-state index in [1.807, 2.05) is 59.5 Å². The van der Waals surface area contributed by atoms with Crippen LogP contribution in [0.3, 0.4) is 0 Å². The van der Waals surface area contributed by atoms with Crippen molar-refractivity contribution < 1.29 is 14.3 Å². The highest BCUT2D eigenvalue weighted by Gasteiger charge is 2.37. The van der Waals surface area contributed by atoms with Gasteiger partial charge >= 0.3 is 0 Å². The molecule has 6 nitrogen and oxygen atoms in total. The van der Waals surface area contributed by atoms with Crippen LogP contribution in [0.25, 0.3) is 0 Å². The molecule has 0 aromatic heterocycles. The molecule has 7 heteroatoms. The van der Waals surface area contributed by atoms with E-state index in [2.05, 4.69) is 4.90 Å². The number of carbonyl (C=O) groups excluding carboxylic acids is 2. The summed E-state index contributed by atoms with van der Waals surface area (Å²) < 4.78 is 5.41. The number of rotatable bonds is 4. The van der Waals surface area contributed by atoms with Crippen molar-refractivity contribution in [1.82, 2.24) is 9.80 Å². The third kappa shape index (κ3) is 4.54. The van der Waals surface area contributed by atoms with Crippen LogP contribution in [0.1, 0.15) is 5.56 Å². The van der Waals surface area contributed by atoms with Crippen molar-refractivity contribution in [3.63, 3.8) is 0 Å². The monoisotopic (exact) mass is 413 g/mol. The Bertz CT molecular complexity index is 869. The third-order valence-corrected chi connectivity index (χ3v) is 5.68. The van der Waals surface area contributed by atoms with E-state index in [1.54, 1.807) is 4.90 Å². The predicted molar refractivity (Wildman–Crippen MR) is 112 cm³/mol. The summed E-state index contributed by atoms with van der Waals surface area (Å²) in [5.41, 5.74) is 2.07. The molecule has 2 fully saturated rings. The van der Waals surface area contributed by atoms with Crippen LogP contribution in [-0.2, 0) is 20.9 Å². The number of hydrogen-bond donors (Lipinski definition) is 0. The number of hydrogen-bond acceptors (Lipinski definition) is 4. The highest BCUT2D eigenvalue weighted by atomic mass is 35.5. The maximum atomic E-state index is 13.2. The topological polar surface area (TPSA) is 53.1 Å². The second-order valence-electron chi connectivity index (χ2n) is 7.33. The number of amides is 2. The van der Waals surface area contributed by atoms with Crippen LogP contribution in [0, 0.1) is 0 Å². The number of anilines is 1. The quantitative estimate of drug-likeness (QED) is 0.772. The molecule has 29 heavy (non-hydrogen) atoms. The van der Waals surface area contributed by atoms with Crippen LogP contribution in [0.5, 0.6) is 0 Å². The Hall–Kier alpha value is -2.57. The van der Waals surface area contributed by atoms with Crippen LogP contribution in [0.4, 0.5) is 5.69 Å². The van der Waals surface area contributed by atoms with Gasteiger partial charge in [-0.05, 0) is 23.8 Å². The van der Waals surface area contributed by atoms with E-state index in [9.17, 15) is 9.59 Å². The van der Waals surface area contributed by atoms with Crippen LogP contribution < -0.4 is 4.90 Å². The Labute approximate surface area is 175 Å². The molecule has 2 aromatic rings. The average Bonchev–Trinajstić information content (AvgIpc) is 2.75. The maximum Gasteiger partial charge on any atom is 0.249 e. The number of carbonyl (C=O) groups is 2. The molecule has 2 aliphatic heterocycles. The first-order valence-corrected chi connectivity index (χ1v) is 10.2. The lowest BCUT2D eigenvalue weighted by molar-refractivity contribution is -0.160. The zero-order valence-electron chi connectivity index (χ0n) is 16.2. The first-order valence-electron chi connectivity index (χ1n) is 9.82. The highest BCUT2D eigenvalue weighted by Crippen LogP contribution is 2.22. The second-order valence-corrected chi connectivity index (χ2v) is 7.77. The van der Waals surface area contributed by atoms with Crippen molar-refractivity contribution in [3.05, 3.63) is 65.2 Å². The molecule has 0 saturated carbocycles. The normalized spacial score (nSPS) is 20.1. The fraction of sp³-hybridized carbons (Fsp3) is 0.364. The van der Waals surface area contributed by atoms with Gasteiger partial charge in [0.1, 0.15) is 12.6 Å². The molecule has 0 N–H and O–H groups in total. The summed E-state index contributed by atoms with van der Waals surface area (Å²) in [6.45, 7) is 3.36. The summed E-state index contributed by atoms with van der Waals surface area (Å²) in [5.74, 6) is -0.184. The molecule has 0 spiro atoms. The maximum absolute atomic E-state index is 13.2. The van der Waals surface area contributed by atoms with Gasteiger partial charge in [-0.1, -0.05) is 48.0 Å². The van der Waals surface area contributed by atoms with Crippen molar-refractivity contribution in [3.8, 4) is 0 Å². The predicted octanol–water partition coefficient (Wildman–Crippen LogP) is 2.42. The number of benzene rings is 2. The molecule has 2 saturated heterocycles. The summed E-state index contributed by atoms with van der Waals surface area (Å²) in [7, 11) is 0. The smallest absolute Gasteiger partial charge is 0.249 e. The van der Waals surface area contributed by atoms with Crippen molar-refractivity contribution in [2.75, 3.05) is 44.3 Å². The number of morpholine rings is 1. The molecule has 1 atom stereocenters. The van der Waals surface area contributed by atoms with Gasteiger partial charge in [0.15, 0.2) is 0 Å². The number of halogens is 1. The molecule has 0 aliphatic carbocycles. The fourth-order valence-corrected chi connectivity index (χ4v) is 4.04. The summed E-state index contributed by atoms with van der Waals surface area (Å²) in [4.78, 5) is 31.4. The van der Waals surface area contributed by atoms with Crippen LogP contribution in [0.15, 0.2) is 54.6 Å². The van der Waals surface area contributed by atoms with E-state index in [1.165, 1.54) is 0 Å². The van der Waals surface area contributed by atoms with Gasteiger partial charge in [0.05, 0.1) is 6.61 Å². The zero-order chi connectivity index (χ0) is 20.2. The molecular weight excluding hydrogens is 390 g/mol. The Morgan fingerprint density at radius 2 is 1.79 bits per heavy atom. The Morgan fingerprint density at radius 3 is 2.52 bits per heavy atom. The van der Waals surface area contributed by atoms with Crippen molar-refractivity contribution in [2.45, 2.75) is 12.6 Å². The Kier molecular flexibility index (Phi) is 6.02. The van der Waals surface area contributed by atoms with Gasteiger partial charge < -0.3 is 19.4 Å². The van der Waals surface area contributed by atoms with Crippen molar-refractivity contribution >= 4 is 29.1 Å². The molecule has 0 radical (unpaired) electrons. The number of piperazine rings is 1. The molecule has 0 bridgehead atoms. The third-order valence-electron chi connectivity index (χ3n) is 5.44. The van der Waals surface area contributed by atoms with E-state index in [-0.39, 0.29) is 25.0 Å². The SMILES string of the molecule is O=C([C@H]1COCC(=O)N1Cc1ccccc1)N1CCN(c2cccc(Cl)c2)CC1. The Balaban J connectivity index is 1.42. The molecular formula is C22H24ClN3O3. The number of ether oxygens (including phenoxy) is 1. The van der Waals surface area contributed by atoms with E-state index in [0.29, 0.717) is 24.7 Å². The minimum absolute atomic E-state index is 0.0269. The van der Waals surface area contributed by atoms with Gasteiger partial charge in [0, 0.05) is 43.4 Å². The summed E-state index contributed by atoms with van der Waals surface area (Å²) in [5, 5.41) is 0.704. The lowest BCUT2D eigenvalue weighted by Crippen LogP contribution is -2.59. The molecule has 4 rings (SSSR count). The van der Waals surface area contributed by atoms with Crippen molar-refractivity contribution in [2.24, 2.45) is 0 Å². The van der Waals surface area contributed by atoms with Crippen LogP contribution in [0.2, 0.25) is 5.02 Å². The first kappa shape index (κ1) is 19.7. The molecule has 2 aromatic carbocycles. The molecule has 0 unspecified atom stereocenters. The minimum Gasteiger partial charge on any atom is -0.369 e. The fourth-order valence-electron chi connectivity index (χ4n) is 3.86. The molecule has 2 amide bonds. The largest absolute Gasteiger partial charge is 0.369 e. The van der Waals surface area contributed by atoms with Gasteiger partial charge in [-0.25, -0.2) is 0 Å². The lowest BCUT2D eigenvalue weighted by Gasteiger charge is -2.41. The van der Waals surface area contributed by atoms with Crippen molar-refractivity contribution in [1.29, 1.82) is 0 Å². The van der Waals surface area contributed by atoms with Gasteiger partial charge in [-0.3, -0.25) is 9.59 Å². The first-order chi connectivity index (χ1) is 14.1. The van der Waals surface area contributed by atoms with Gasteiger partial charge in [-0.15, -0.1) is 0 Å². The second kappa shape index (κ2) is 8.84. The average molecular weight is 414 g/mol. The highest BCUT2D eigenvalue weighted by molar-refractivity contribution is 6.30. The van der Waals surface area contributed by atoms with E-state index in [0.717, 1.165) is 24.3 Å². The number of nitrogens with zero attached hydrogens (tertiary/aromatic N) is 3. The lowest BCUT2D eigenvalue weighted by atomic mass is 10.1. The van der Waals surface area contributed by atoms with Gasteiger partial charge in [-0.2, -0.15) is 0 Å². The van der Waals surface area contributed by atoms with E-state index < -0.39 is 6.04 Å². The minimum atomic E-state index is -0.575. The molecule has 2 heterocycles. The zero-order valence-corrected chi connectivity index (χ0v) is 16.9. The summed E-state index contributed by atoms with van der Waals surface area (Å²) in [6, 6.07) is 16.9. The van der Waals surface area contributed by atoms with Crippen LogP contribution >= 0.6 is 11.6 Å².